The van der Waals surface area contributed by atoms with Gasteiger partial charge in [-0.25, -0.2) is 4.79 Å². The Bertz CT molecular complexity index is 1010. The zero-order valence-corrected chi connectivity index (χ0v) is 19.3. The number of carbonyl (C=O) groups excluding carboxylic acids is 1. The molecular formula is C22H32N4O3S. The monoisotopic (exact) mass is 432 g/mol. The number of amides is 1. The molecule has 0 aliphatic heterocycles. The third-order valence-electron chi connectivity index (χ3n) is 4.75. The second-order valence-electron chi connectivity index (χ2n) is 7.95. The lowest BCUT2D eigenvalue weighted by Gasteiger charge is -2.25. The molecule has 0 saturated carbocycles. The molecule has 0 unspecified atom stereocenters. The van der Waals surface area contributed by atoms with E-state index < -0.39 is 11.2 Å². The number of hydrogen-bond donors (Lipinski definition) is 2. The van der Waals surface area contributed by atoms with E-state index in [1.54, 1.807) is 0 Å². The number of thioether (sulfide) groups is 1. The Morgan fingerprint density at radius 2 is 1.97 bits per heavy atom. The lowest BCUT2D eigenvalue weighted by Crippen LogP contribution is -2.42. The highest BCUT2D eigenvalue weighted by molar-refractivity contribution is 8.00. The number of nitrogens with two attached hydrogens (primary N) is 1. The average Bonchev–Trinajstić information content (AvgIpc) is 2.66. The molecule has 7 nitrogen and oxygen atoms in total. The van der Waals surface area contributed by atoms with Gasteiger partial charge in [0.05, 0.1) is 5.75 Å². The molecule has 1 heterocycles. The molecule has 0 saturated heterocycles. The van der Waals surface area contributed by atoms with Crippen molar-refractivity contribution in [1.82, 2.24) is 9.55 Å². The van der Waals surface area contributed by atoms with Crippen molar-refractivity contribution in [2.75, 3.05) is 22.9 Å². The number of unbranched alkanes of at least 4 members (excludes halogenated alkanes) is 1. The van der Waals surface area contributed by atoms with E-state index in [2.05, 4.69) is 11.1 Å². The number of hydrogen-bond acceptors (Lipinski definition) is 5. The second kappa shape index (κ2) is 10.5. The Morgan fingerprint density at radius 1 is 1.27 bits per heavy atom. The van der Waals surface area contributed by atoms with Crippen molar-refractivity contribution in [2.45, 2.75) is 58.9 Å². The van der Waals surface area contributed by atoms with Gasteiger partial charge in [0.2, 0.25) is 5.91 Å². The summed E-state index contributed by atoms with van der Waals surface area (Å²) >= 11 is 1.44. The van der Waals surface area contributed by atoms with Crippen molar-refractivity contribution in [3.8, 4) is 0 Å². The molecule has 8 heteroatoms. The van der Waals surface area contributed by atoms with Gasteiger partial charge in [0.1, 0.15) is 5.82 Å². The Hall–Kier alpha value is -2.48. The number of rotatable bonds is 9. The van der Waals surface area contributed by atoms with Crippen LogP contribution in [0.2, 0.25) is 0 Å². The molecule has 0 radical (unpaired) electrons. The van der Waals surface area contributed by atoms with Crippen LogP contribution in [0, 0.1) is 19.8 Å². The Kier molecular flexibility index (Phi) is 8.34. The van der Waals surface area contributed by atoms with E-state index in [1.807, 2.05) is 46.8 Å². The van der Waals surface area contributed by atoms with Gasteiger partial charge >= 0.3 is 5.69 Å². The molecule has 30 heavy (non-hydrogen) atoms. The summed E-state index contributed by atoms with van der Waals surface area (Å²) in [5.41, 5.74) is 7.39. The van der Waals surface area contributed by atoms with Gasteiger partial charge in [-0.3, -0.25) is 19.1 Å². The Balaban J connectivity index is 2.38. The lowest BCUT2D eigenvalue weighted by atomic mass is 10.2. The fourth-order valence-corrected chi connectivity index (χ4v) is 4.13. The van der Waals surface area contributed by atoms with Crippen LogP contribution in [0.4, 0.5) is 11.5 Å². The summed E-state index contributed by atoms with van der Waals surface area (Å²) in [5, 5.41) is 0. The van der Waals surface area contributed by atoms with E-state index in [1.165, 1.54) is 26.8 Å². The van der Waals surface area contributed by atoms with Crippen molar-refractivity contribution in [2.24, 2.45) is 5.92 Å². The number of aromatic amines is 1. The van der Waals surface area contributed by atoms with Gasteiger partial charge in [0.25, 0.3) is 5.56 Å². The van der Waals surface area contributed by atoms with Crippen molar-refractivity contribution in [3.05, 3.63) is 50.2 Å². The van der Waals surface area contributed by atoms with E-state index in [4.69, 9.17) is 5.73 Å². The van der Waals surface area contributed by atoms with Gasteiger partial charge < -0.3 is 10.6 Å². The first kappa shape index (κ1) is 23.8. The first-order valence-electron chi connectivity index (χ1n) is 10.3. The number of benzene rings is 1. The summed E-state index contributed by atoms with van der Waals surface area (Å²) < 4.78 is 1.34. The third kappa shape index (κ3) is 5.78. The lowest BCUT2D eigenvalue weighted by molar-refractivity contribution is -0.116. The maximum absolute atomic E-state index is 13.1. The number of H-pyrrole nitrogens is 1. The van der Waals surface area contributed by atoms with Crippen LogP contribution < -0.4 is 21.9 Å². The molecular weight excluding hydrogens is 400 g/mol. The molecule has 0 fully saturated rings. The fraction of sp³-hybridized carbons (Fsp3) is 0.500. The van der Waals surface area contributed by atoms with Crippen LogP contribution in [0.5, 0.6) is 0 Å². The zero-order chi connectivity index (χ0) is 22.4. The number of nitrogen functional groups attached to an aromatic ring is 1. The van der Waals surface area contributed by atoms with Crippen LogP contribution >= 0.6 is 11.8 Å². The van der Waals surface area contributed by atoms with Gasteiger partial charge in [0.15, 0.2) is 5.69 Å². The standard InChI is InChI=1S/C22H32N4O3S/c1-6-7-10-25(18(27)13-30-17-9-8-15(4)11-16(17)5)19-20(23)26(12-14(2)3)22(29)24-21(19)28/h8-9,11,14H,6-7,10,12-13,23H2,1-5H3,(H,24,28,29). The summed E-state index contributed by atoms with van der Waals surface area (Å²) in [6, 6.07) is 6.09. The van der Waals surface area contributed by atoms with E-state index in [9.17, 15) is 14.4 Å². The summed E-state index contributed by atoms with van der Waals surface area (Å²) in [6.07, 6.45) is 1.58. The predicted molar refractivity (Wildman–Crippen MR) is 124 cm³/mol. The molecule has 0 bridgehead atoms. The summed E-state index contributed by atoms with van der Waals surface area (Å²) in [6.45, 7) is 10.7. The highest BCUT2D eigenvalue weighted by Crippen LogP contribution is 2.25. The smallest absolute Gasteiger partial charge is 0.330 e. The van der Waals surface area contributed by atoms with Crippen molar-refractivity contribution in [3.63, 3.8) is 0 Å². The van der Waals surface area contributed by atoms with E-state index in [0.717, 1.165) is 23.3 Å². The zero-order valence-electron chi connectivity index (χ0n) is 18.4. The molecule has 0 spiro atoms. The van der Waals surface area contributed by atoms with Crippen LogP contribution in [0.15, 0.2) is 32.7 Å². The molecule has 2 rings (SSSR count). The predicted octanol–water partition coefficient (Wildman–Crippen LogP) is 3.32. The Labute approximate surface area is 181 Å². The van der Waals surface area contributed by atoms with Crippen LogP contribution in [-0.2, 0) is 11.3 Å². The molecule has 2 aromatic rings. The number of carbonyl (C=O) groups is 1. The first-order chi connectivity index (χ1) is 14.1. The van der Waals surface area contributed by atoms with Crippen molar-refractivity contribution < 1.29 is 4.79 Å². The van der Waals surface area contributed by atoms with Gasteiger partial charge in [-0.15, -0.1) is 11.8 Å². The van der Waals surface area contributed by atoms with E-state index >= 15 is 0 Å². The van der Waals surface area contributed by atoms with E-state index in [0.29, 0.717) is 13.1 Å². The fourth-order valence-electron chi connectivity index (χ4n) is 3.24. The summed E-state index contributed by atoms with van der Waals surface area (Å²) in [7, 11) is 0. The molecule has 1 aromatic heterocycles. The number of nitrogens with one attached hydrogen (secondary N) is 1. The van der Waals surface area contributed by atoms with Crippen LogP contribution in [0.1, 0.15) is 44.7 Å². The maximum Gasteiger partial charge on any atom is 0.330 e. The first-order valence-corrected chi connectivity index (χ1v) is 11.3. The van der Waals surface area contributed by atoms with E-state index in [-0.39, 0.29) is 29.1 Å². The topological polar surface area (TPSA) is 101 Å². The van der Waals surface area contributed by atoms with Gasteiger partial charge in [-0.05, 0) is 37.8 Å². The summed E-state index contributed by atoms with van der Waals surface area (Å²) in [5.74, 6) is 0.165. The van der Waals surface area contributed by atoms with Crippen LogP contribution in [-0.4, -0.2) is 27.8 Å². The molecule has 0 aliphatic rings. The molecule has 0 aliphatic carbocycles. The minimum Gasteiger partial charge on any atom is -0.383 e. The van der Waals surface area contributed by atoms with Crippen molar-refractivity contribution >= 4 is 29.2 Å². The molecule has 1 aromatic carbocycles. The number of aromatic nitrogens is 2. The maximum atomic E-state index is 13.1. The SMILES string of the molecule is CCCCN(C(=O)CSc1ccc(C)cc1C)c1c(N)n(CC(C)C)c(=O)[nH]c1=O. The minimum absolute atomic E-state index is 0.0402. The average molecular weight is 433 g/mol. The van der Waals surface area contributed by atoms with Crippen LogP contribution in [0.3, 0.4) is 0 Å². The van der Waals surface area contributed by atoms with Crippen LogP contribution in [0.25, 0.3) is 0 Å². The normalized spacial score (nSPS) is 11.1. The molecule has 164 valence electrons. The second-order valence-corrected chi connectivity index (χ2v) is 8.97. The third-order valence-corrected chi connectivity index (χ3v) is 5.91. The Morgan fingerprint density at radius 3 is 2.57 bits per heavy atom. The number of nitrogens with zero attached hydrogens (tertiary/aromatic N) is 2. The molecule has 0 atom stereocenters. The van der Waals surface area contributed by atoms with Crippen molar-refractivity contribution in [1.29, 1.82) is 0 Å². The quantitative estimate of drug-likeness (QED) is 0.592. The van der Waals surface area contributed by atoms with Gasteiger partial charge in [-0.2, -0.15) is 0 Å². The number of aryl methyl sites for hydroxylation is 2. The molecule has 3 N–H and O–H groups in total. The highest BCUT2D eigenvalue weighted by atomic mass is 32.2. The summed E-state index contributed by atoms with van der Waals surface area (Å²) in [4.78, 5) is 42.8. The minimum atomic E-state index is -0.626. The molecule has 1 amide bonds. The largest absolute Gasteiger partial charge is 0.383 e. The number of anilines is 2. The van der Waals surface area contributed by atoms with Gasteiger partial charge in [-0.1, -0.05) is 44.9 Å². The highest BCUT2D eigenvalue weighted by Gasteiger charge is 2.24. The van der Waals surface area contributed by atoms with Gasteiger partial charge in [0, 0.05) is 18.0 Å².